The summed E-state index contributed by atoms with van der Waals surface area (Å²) in [6.07, 6.45) is 4.63. The summed E-state index contributed by atoms with van der Waals surface area (Å²) in [5.74, 6) is 2.80. The van der Waals surface area contributed by atoms with Gasteiger partial charge in [0.05, 0.1) is 18.4 Å². The van der Waals surface area contributed by atoms with Crippen LogP contribution >= 0.6 is 11.8 Å². The van der Waals surface area contributed by atoms with Gasteiger partial charge in [-0.25, -0.2) is 0 Å². The van der Waals surface area contributed by atoms with Crippen LogP contribution in [0.5, 0.6) is 5.75 Å². The Hall–Kier alpha value is -2.02. The van der Waals surface area contributed by atoms with E-state index < -0.39 is 0 Å². The van der Waals surface area contributed by atoms with Gasteiger partial charge in [0.2, 0.25) is 5.91 Å². The van der Waals surface area contributed by atoms with Gasteiger partial charge in [-0.05, 0) is 43.7 Å². The SMILES string of the molecule is COc1ccccc1-c1nnc(SCC(=O)N(C)C2CCC(C)CC2)n1C. The first-order valence-corrected chi connectivity index (χ1v) is 10.4. The molecule has 0 bridgehead atoms. The maximum absolute atomic E-state index is 12.6. The third-order valence-corrected chi connectivity index (χ3v) is 6.44. The summed E-state index contributed by atoms with van der Waals surface area (Å²) in [6.45, 7) is 2.29. The van der Waals surface area contributed by atoms with E-state index in [1.54, 1.807) is 7.11 Å². The minimum Gasteiger partial charge on any atom is -0.496 e. The molecule has 0 radical (unpaired) electrons. The predicted molar refractivity (Wildman–Crippen MR) is 108 cm³/mol. The molecule has 0 unspecified atom stereocenters. The number of methoxy groups -OCH3 is 1. The maximum atomic E-state index is 12.6. The number of benzene rings is 1. The average Bonchev–Trinajstić information content (AvgIpc) is 3.06. The molecule has 6 nitrogen and oxygen atoms in total. The van der Waals surface area contributed by atoms with Crippen molar-refractivity contribution in [3.63, 3.8) is 0 Å². The predicted octanol–water partition coefficient (Wildman–Crippen LogP) is 3.62. The molecule has 1 saturated carbocycles. The molecular weight excluding hydrogens is 360 g/mol. The number of aromatic nitrogens is 3. The Morgan fingerprint density at radius 2 is 1.96 bits per heavy atom. The van der Waals surface area contributed by atoms with E-state index in [0.29, 0.717) is 11.8 Å². The van der Waals surface area contributed by atoms with Crippen molar-refractivity contribution in [2.45, 2.75) is 43.8 Å². The Morgan fingerprint density at radius 1 is 1.26 bits per heavy atom. The first kappa shape index (κ1) is 19.7. The molecular formula is C20H28N4O2S. The highest BCUT2D eigenvalue weighted by molar-refractivity contribution is 7.99. The van der Waals surface area contributed by atoms with Crippen molar-refractivity contribution in [1.82, 2.24) is 19.7 Å². The molecule has 0 atom stereocenters. The average molecular weight is 389 g/mol. The third-order valence-electron chi connectivity index (χ3n) is 5.43. The summed E-state index contributed by atoms with van der Waals surface area (Å²) in [6, 6.07) is 8.11. The zero-order valence-corrected chi connectivity index (χ0v) is 17.3. The lowest BCUT2D eigenvalue weighted by Crippen LogP contribution is -2.40. The second-order valence-corrected chi connectivity index (χ2v) is 8.21. The van der Waals surface area contributed by atoms with E-state index in [-0.39, 0.29) is 5.91 Å². The van der Waals surface area contributed by atoms with Gasteiger partial charge >= 0.3 is 0 Å². The molecule has 0 spiro atoms. The van der Waals surface area contributed by atoms with E-state index in [0.717, 1.165) is 41.1 Å². The van der Waals surface area contributed by atoms with Gasteiger partial charge < -0.3 is 14.2 Å². The van der Waals surface area contributed by atoms with Gasteiger partial charge in [0.25, 0.3) is 0 Å². The molecule has 1 fully saturated rings. The Balaban J connectivity index is 1.63. The quantitative estimate of drug-likeness (QED) is 0.708. The number of thioether (sulfide) groups is 1. The number of hydrogen-bond donors (Lipinski definition) is 0. The van der Waals surface area contributed by atoms with Gasteiger partial charge in [-0.2, -0.15) is 0 Å². The van der Waals surface area contributed by atoms with Gasteiger partial charge in [0, 0.05) is 20.1 Å². The molecule has 1 aliphatic rings. The molecule has 3 rings (SSSR count). The summed E-state index contributed by atoms with van der Waals surface area (Å²) in [4.78, 5) is 14.5. The molecule has 0 N–H and O–H groups in total. The topological polar surface area (TPSA) is 60.3 Å². The van der Waals surface area contributed by atoms with Crippen LogP contribution in [0.25, 0.3) is 11.4 Å². The molecule has 1 aromatic heterocycles. The number of hydrogen-bond acceptors (Lipinski definition) is 5. The molecule has 1 heterocycles. The third kappa shape index (κ3) is 4.46. The molecule has 2 aromatic rings. The number of nitrogens with zero attached hydrogens (tertiary/aromatic N) is 4. The van der Waals surface area contributed by atoms with E-state index in [1.807, 2.05) is 47.8 Å². The summed E-state index contributed by atoms with van der Waals surface area (Å²) >= 11 is 1.43. The molecule has 1 amide bonds. The zero-order valence-electron chi connectivity index (χ0n) is 16.5. The van der Waals surface area contributed by atoms with Gasteiger partial charge in [-0.15, -0.1) is 10.2 Å². The smallest absolute Gasteiger partial charge is 0.233 e. The number of rotatable bonds is 6. The number of amides is 1. The Labute approximate surface area is 165 Å². The van der Waals surface area contributed by atoms with Crippen LogP contribution in [0.4, 0.5) is 0 Å². The van der Waals surface area contributed by atoms with Crippen molar-refractivity contribution in [3.05, 3.63) is 24.3 Å². The summed E-state index contributed by atoms with van der Waals surface area (Å²) in [5, 5.41) is 9.31. The van der Waals surface area contributed by atoms with Crippen molar-refractivity contribution in [3.8, 4) is 17.1 Å². The van der Waals surface area contributed by atoms with Crippen molar-refractivity contribution in [2.24, 2.45) is 13.0 Å². The normalized spacial score (nSPS) is 19.7. The highest BCUT2D eigenvalue weighted by Crippen LogP contribution is 2.30. The summed E-state index contributed by atoms with van der Waals surface area (Å²) < 4.78 is 7.33. The van der Waals surface area contributed by atoms with Gasteiger partial charge in [-0.1, -0.05) is 30.8 Å². The molecule has 27 heavy (non-hydrogen) atoms. The molecule has 1 aromatic carbocycles. The van der Waals surface area contributed by atoms with Crippen molar-refractivity contribution >= 4 is 17.7 Å². The highest BCUT2D eigenvalue weighted by atomic mass is 32.2. The van der Waals surface area contributed by atoms with Crippen LogP contribution in [0, 0.1) is 5.92 Å². The first-order valence-electron chi connectivity index (χ1n) is 9.42. The minimum absolute atomic E-state index is 0.154. The van der Waals surface area contributed by atoms with Crippen LogP contribution in [0.3, 0.4) is 0 Å². The van der Waals surface area contributed by atoms with E-state index in [4.69, 9.17) is 4.74 Å². The standard InChI is InChI=1S/C20H28N4O2S/c1-14-9-11-15(12-10-14)23(2)18(25)13-27-20-22-21-19(24(20)3)16-7-5-6-8-17(16)26-4/h5-8,14-15H,9-13H2,1-4H3. The van der Waals surface area contributed by atoms with E-state index >= 15 is 0 Å². The summed E-state index contributed by atoms with van der Waals surface area (Å²) in [7, 11) is 5.49. The molecule has 0 saturated heterocycles. The van der Waals surface area contributed by atoms with E-state index in [2.05, 4.69) is 17.1 Å². The van der Waals surface area contributed by atoms with Crippen molar-refractivity contribution in [2.75, 3.05) is 19.9 Å². The van der Waals surface area contributed by atoms with Crippen LogP contribution in [0.2, 0.25) is 0 Å². The van der Waals surface area contributed by atoms with Crippen molar-refractivity contribution in [1.29, 1.82) is 0 Å². The van der Waals surface area contributed by atoms with Crippen LogP contribution in [0.1, 0.15) is 32.6 Å². The largest absolute Gasteiger partial charge is 0.496 e. The number of para-hydroxylation sites is 1. The fraction of sp³-hybridized carbons (Fsp3) is 0.550. The van der Waals surface area contributed by atoms with E-state index in [1.165, 1.54) is 24.6 Å². The van der Waals surface area contributed by atoms with Gasteiger partial charge in [0.1, 0.15) is 5.75 Å². The summed E-state index contributed by atoms with van der Waals surface area (Å²) in [5.41, 5.74) is 0.890. The Bertz CT molecular complexity index is 784. The van der Waals surface area contributed by atoms with Crippen LogP contribution in [-0.4, -0.2) is 51.5 Å². The Kier molecular flexibility index (Phi) is 6.42. The second-order valence-electron chi connectivity index (χ2n) is 7.27. The lowest BCUT2D eigenvalue weighted by molar-refractivity contribution is -0.129. The lowest BCUT2D eigenvalue weighted by Gasteiger charge is -2.33. The van der Waals surface area contributed by atoms with Crippen LogP contribution in [-0.2, 0) is 11.8 Å². The molecule has 7 heteroatoms. The van der Waals surface area contributed by atoms with Crippen molar-refractivity contribution < 1.29 is 9.53 Å². The van der Waals surface area contributed by atoms with Crippen LogP contribution < -0.4 is 4.74 Å². The second kappa shape index (κ2) is 8.78. The first-order chi connectivity index (χ1) is 13.0. The number of carbonyl (C=O) groups is 1. The molecule has 1 aliphatic carbocycles. The van der Waals surface area contributed by atoms with Gasteiger partial charge in [0.15, 0.2) is 11.0 Å². The zero-order chi connectivity index (χ0) is 19.4. The molecule has 0 aliphatic heterocycles. The fourth-order valence-corrected chi connectivity index (χ4v) is 4.40. The van der Waals surface area contributed by atoms with Gasteiger partial charge in [-0.3, -0.25) is 4.79 Å². The maximum Gasteiger partial charge on any atom is 0.233 e. The fourth-order valence-electron chi connectivity index (χ4n) is 3.57. The van der Waals surface area contributed by atoms with Crippen LogP contribution in [0.15, 0.2) is 29.4 Å². The molecule has 146 valence electrons. The number of ether oxygens (including phenoxy) is 1. The Morgan fingerprint density at radius 3 is 2.67 bits per heavy atom. The monoisotopic (exact) mass is 388 g/mol. The number of carbonyl (C=O) groups excluding carboxylic acids is 1. The minimum atomic E-state index is 0.154. The highest BCUT2D eigenvalue weighted by Gasteiger charge is 2.25. The lowest BCUT2D eigenvalue weighted by atomic mass is 9.87. The van der Waals surface area contributed by atoms with E-state index in [9.17, 15) is 4.79 Å².